The van der Waals surface area contributed by atoms with Gasteiger partial charge in [0.25, 0.3) is 0 Å². The smallest absolute Gasteiger partial charge is 0.313 e. The Bertz CT molecular complexity index is 974. The van der Waals surface area contributed by atoms with E-state index in [-0.39, 0.29) is 6.04 Å². The zero-order chi connectivity index (χ0) is 22.5. The average Bonchev–Trinajstić information content (AvgIpc) is 3.34. The minimum Gasteiger partial charge on any atom is -0.374 e. The fraction of sp³-hybridized carbons (Fsp3) is 0.440. The molecule has 2 aromatic rings. The van der Waals surface area contributed by atoms with E-state index in [4.69, 9.17) is 0 Å². The van der Waals surface area contributed by atoms with E-state index in [2.05, 4.69) is 45.7 Å². The number of carbonyl (C=O) groups excluding carboxylic acids is 2. The Morgan fingerprint density at radius 3 is 2.59 bits per heavy atom. The van der Waals surface area contributed by atoms with Crippen molar-refractivity contribution < 1.29 is 9.59 Å². The summed E-state index contributed by atoms with van der Waals surface area (Å²) in [5, 5.41) is 5.64. The predicted octanol–water partition coefficient (Wildman–Crippen LogP) is 3.68. The molecule has 7 heteroatoms. The molecule has 4 rings (SSSR count). The first-order chi connectivity index (χ1) is 15.6. The van der Waals surface area contributed by atoms with E-state index >= 15 is 0 Å². The molecule has 0 unspecified atom stereocenters. The van der Waals surface area contributed by atoms with Crippen molar-refractivity contribution in [2.24, 2.45) is 0 Å². The highest BCUT2D eigenvalue weighted by molar-refractivity contribution is 7.98. The van der Waals surface area contributed by atoms with Crippen LogP contribution in [-0.2, 0) is 16.0 Å². The summed E-state index contributed by atoms with van der Waals surface area (Å²) in [4.78, 5) is 30.8. The number of anilines is 2. The zero-order valence-corrected chi connectivity index (χ0v) is 19.7. The van der Waals surface area contributed by atoms with Gasteiger partial charge in [-0.2, -0.15) is 0 Å². The number of rotatable bonds is 6. The van der Waals surface area contributed by atoms with Crippen LogP contribution in [0.4, 0.5) is 11.4 Å². The fourth-order valence-corrected chi connectivity index (χ4v) is 5.27. The van der Waals surface area contributed by atoms with Gasteiger partial charge in [0.15, 0.2) is 0 Å². The maximum Gasteiger partial charge on any atom is 0.313 e. The summed E-state index contributed by atoms with van der Waals surface area (Å²) < 4.78 is 0. The van der Waals surface area contributed by atoms with Gasteiger partial charge in [0.2, 0.25) is 0 Å². The van der Waals surface area contributed by atoms with E-state index in [0.29, 0.717) is 12.2 Å². The van der Waals surface area contributed by atoms with Crippen LogP contribution >= 0.6 is 11.8 Å². The van der Waals surface area contributed by atoms with Gasteiger partial charge in [-0.05, 0) is 74.4 Å². The minimum absolute atomic E-state index is 0.0743. The van der Waals surface area contributed by atoms with Crippen LogP contribution in [0, 0.1) is 0 Å². The summed E-state index contributed by atoms with van der Waals surface area (Å²) in [5.41, 5.74) is 4.55. The van der Waals surface area contributed by atoms with Crippen molar-refractivity contribution in [3.63, 3.8) is 0 Å². The first kappa shape index (κ1) is 22.7. The van der Waals surface area contributed by atoms with E-state index in [1.807, 2.05) is 30.5 Å². The predicted molar refractivity (Wildman–Crippen MR) is 131 cm³/mol. The SMILES string of the molecule is CSc1ccccc1NC(=O)C(=O)NC[C@@H](c1ccc2c(c1)CCCN2C)N1CCCC1. The van der Waals surface area contributed by atoms with Crippen molar-refractivity contribution in [1.29, 1.82) is 0 Å². The molecule has 2 aliphatic heterocycles. The van der Waals surface area contributed by atoms with Crippen molar-refractivity contribution in [3.8, 4) is 0 Å². The third-order valence-corrected chi connectivity index (χ3v) is 7.23. The lowest BCUT2D eigenvalue weighted by atomic mass is 9.96. The molecule has 170 valence electrons. The molecule has 0 saturated carbocycles. The lowest BCUT2D eigenvalue weighted by Crippen LogP contribution is -2.41. The molecule has 1 fully saturated rings. The van der Waals surface area contributed by atoms with Crippen LogP contribution < -0.4 is 15.5 Å². The number of aryl methyl sites for hydroxylation is 1. The monoisotopic (exact) mass is 452 g/mol. The number of nitrogens with zero attached hydrogens (tertiary/aromatic N) is 2. The Balaban J connectivity index is 1.45. The van der Waals surface area contributed by atoms with Crippen LogP contribution in [0.15, 0.2) is 47.4 Å². The standard InChI is InChI=1S/C25H32N4O2S/c1-28-13-7-8-18-16-19(11-12-21(18)28)22(29-14-5-6-15-29)17-26-24(30)25(31)27-20-9-3-4-10-23(20)32-2/h3-4,9-12,16,22H,5-8,13-15,17H2,1-2H3,(H,26,30)(H,27,31)/t22-/m0/s1. The van der Waals surface area contributed by atoms with Gasteiger partial charge in [-0.1, -0.05) is 24.3 Å². The van der Waals surface area contributed by atoms with Crippen molar-refractivity contribution in [1.82, 2.24) is 10.2 Å². The van der Waals surface area contributed by atoms with Crippen molar-refractivity contribution in [2.75, 3.05) is 49.7 Å². The number of hydrogen-bond acceptors (Lipinski definition) is 5. The largest absolute Gasteiger partial charge is 0.374 e. The van der Waals surface area contributed by atoms with Crippen molar-refractivity contribution in [3.05, 3.63) is 53.6 Å². The quantitative estimate of drug-likeness (QED) is 0.517. The van der Waals surface area contributed by atoms with E-state index in [0.717, 1.165) is 37.4 Å². The molecule has 0 aliphatic carbocycles. The molecule has 6 nitrogen and oxygen atoms in total. The highest BCUT2D eigenvalue weighted by Gasteiger charge is 2.26. The second-order valence-electron chi connectivity index (χ2n) is 8.54. The molecule has 2 N–H and O–H groups in total. The zero-order valence-electron chi connectivity index (χ0n) is 18.9. The minimum atomic E-state index is -0.626. The molecule has 2 amide bonds. The third-order valence-electron chi connectivity index (χ3n) is 6.44. The van der Waals surface area contributed by atoms with Gasteiger partial charge in [-0.15, -0.1) is 11.8 Å². The van der Waals surface area contributed by atoms with Crippen LogP contribution in [0.5, 0.6) is 0 Å². The maximum absolute atomic E-state index is 12.6. The fourth-order valence-electron chi connectivity index (χ4n) is 4.72. The molecule has 2 aromatic carbocycles. The Morgan fingerprint density at radius 2 is 1.81 bits per heavy atom. The van der Waals surface area contributed by atoms with Gasteiger partial charge in [0, 0.05) is 30.7 Å². The number of carbonyl (C=O) groups is 2. The summed E-state index contributed by atoms with van der Waals surface area (Å²) in [6, 6.07) is 14.3. The van der Waals surface area contributed by atoms with Gasteiger partial charge < -0.3 is 15.5 Å². The van der Waals surface area contributed by atoms with Crippen LogP contribution in [-0.4, -0.2) is 56.2 Å². The molecule has 0 aromatic heterocycles. The Kier molecular flexibility index (Phi) is 7.37. The van der Waals surface area contributed by atoms with Crippen molar-refractivity contribution in [2.45, 2.75) is 36.6 Å². The molecule has 32 heavy (non-hydrogen) atoms. The molecular formula is C25H32N4O2S. The summed E-state index contributed by atoms with van der Waals surface area (Å²) in [7, 11) is 2.14. The summed E-state index contributed by atoms with van der Waals surface area (Å²) in [6.45, 7) is 3.55. The molecule has 2 aliphatic rings. The highest BCUT2D eigenvalue weighted by atomic mass is 32.2. The molecule has 2 heterocycles. The first-order valence-electron chi connectivity index (χ1n) is 11.4. The lowest BCUT2D eigenvalue weighted by Gasteiger charge is -2.31. The number of fused-ring (bicyclic) bond motifs is 1. The van der Waals surface area contributed by atoms with Crippen LogP contribution in [0.3, 0.4) is 0 Å². The van der Waals surface area contributed by atoms with E-state index in [9.17, 15) is 9.59 Å². The van der Waals surface area contributed by atoms with Gasteiger partial charge >= 0.3 is 11.8 Å². The topological polar surface area (TPSA) is 64.7 Å². The Labute approximate surface area is 194 Å². The number of thioether (sulfide) groups is 1. The van der Waals surface area contributed by atoms with Gasteiger partial charge in [0.05, 0.1) is 11.7 Å². The summed E-state index contributed by atoms with van der Waals surface area (Å²) in [5.74, 6) is -1.22. The summed E-state index contributed by atoms with van der Waals surface area (Å²) in [6.07, 6.45) is 6.54. The Morgan fingerprint density at radius 1 is 1.03 bits per heavy atom. The third kappa shape index (κ3) is 5.10. The van der Waals surface area contributed by atoms with Crippen LogP contribution in [0.25, 0.3) is 0 Å². The molecule has 1 saturated heterocycles. The number of benzene rings is 2. The average molecular weight is 453 g/mol. The van der Waals surface area contributed by atoms with E-state index in [1.165, 1.54) is 41.4 Å². The number of hydrogen-bond donors (Lipinski definition) is 2. The number of nitrogens with one attached hydrogen (secondary N) is 2. The number of para-hydroxylation sites is 1. The normalized spacial score (nSPS) is 17.0. The number of likely N-dealkylation sites (tertiary alicyclic amines) is 1. The van der Waals surface area contributed by atoms with Crippen LogP contribution in [0.1, 0.15) is 36.4 Å². The van der Waals surface area contributed by atoms with Gasteiger partial charge in [-0.3, -0.25) is 14.5 Å². The highest BCUT2D eigenvalue weighted by Crippen LogP contribution is 2.32. The van der Waals surface area contributed by atoms with Crippen molar-refractivity contribution >= 4 is 35.0 Å². The molecular weight excluding hydrogens is 420 g/mol. The lowest BCUT2D eigenvalue weighted by molar-refractivity contribution is -0.136. The number of amides is 2. The Hall–Kier alpha value is -2.51. The van der Waals surface area contributed by atoms with Crippen LogP contribution in [0.2, 0.25) is 0 Å². The van der Waals surface area contributed by atoms with E-state index < -0.39 is 11.8 Å². The first-order valence-corrected chi connectivity index (χ1v) is 12.6. The molecule has 0 radical (unpaired) electrons. The molecule has 0 bridgehead atoms. The van der Waals surface area contributed by atoms with Gasteiger partial charge in [-0.25, -0.2) is 0 Å². The second-order valence-corrected chi connectivity index (χ2v) is 9.38. The summed E-state index contributed by atoms with van der Waals surface area (Å²) >= 11 is 1.54. The maximum atomic E-state index is 12.6. The van der Waals surface area contributed by atoms with Gasteiger partial charge in [0.1, 0.15) is 0 Å². The molecule has 0 spiro atoms. The molecule has 1 atom stereocenters. The second kappa shape index (κ2) is 10.4. The van der Waals surface area contributed by atoms with E-state index in [1.54, 1.807) is 0 Å².